The first-order valence-corrected chi connectivity index (χ1v) is 6.66. The van der Waals surface area contributed by atoms with Gasteiger partial charge in [0.05, 0.1) is 0 Å². The molecule has 22 heavy (non-hydrogen) atoms. The number of nitrogens with one attached hydrogen (secondary N) is 1. The van der Waals surface area contributed by atoms with Gasteiger partial charge in [-0.1, -0.05) is 6.07 Å². The predicted molar refractivity (Wildman–Crippen MR) is 75.7 cm³/mol. The van der Waals surface area contributed by atoms with Gasteiger partial charge in [0.15, 0.2) is 5.82 Å². The number of amides is 1. The lowest BCUT2D eigenvalue weighted by Crippen LogP contribution is -2.30. The molecule has 0 spiro atoms. The van der Waals surface area contributed by atoms with Crippen molar-refractivity contribution in [3.8, 4) is 5.82 Å². The van der Waals surface area contributed by atoms with Crippen LogP contribution in [0.2, 0.25) is 0 Å². The molecule has 3 aromatic rings. The Kier molecular flexibility index (Phi) is 3.86. The lowest BCUT2D eigenvalue weighted by atomic mass is 10.2. The fraction of sp³-hybridized carbons (Fsp3) is 0.231. The van der Waals surface area contributed by atoms with E-state index in [9.17, 15) is 4.79 Å². The molecule has 3 aromatic heterocycles. The van der Waals surface area contributed by atoms with Crippen LogP contribution in [0.25, 0.3) is 5.82 Å². The van der Waals surface area contributed by atoms with Crippen LogP contribution in [0.5, 0.6) is 0 Å². The van der Waals surface area contributed by atoms with Crippen molar-refractivity contribution in [1.29, 1.82) is 0 Å². The zero-order chi connectivity index (χ0) is 15.4. The van der Waals surface area contributed by atoms with E-state index in [1.54, 1.807) is 24.1 Å². The van der Waals surface area contributed by atoms with Crippen LogP contribution in [0.4, 0.5) is 0 Å². The summed E-state index contributed by atoms with van der Waals surface area (Å²) >= 11 is 0. The third-order valence-electron chi connectivity index (χ3n) is 3.14. The van der Waals surface area contributed by atoms with Crippen LogP contribution >= 0.6 is 0 Å². The van der Waals surface area contributed by atoms with Crippen LogP contribution in [0.15, 0.2) is 43.6 Å². The number of hydrogen-bond acceptors (Lipinski definition) is 6. The molecule has 1 atom stereocenters. The molecule has 0 aliphatic rings. The second kappa shape index (κ2) is 6.12. The SMILES string of the molecule is CC(C(=O)NCc1ccc(-n2cncn2)nc1)n1cncn1. The molecule has 112 valence electrons. The first-order valence-electron chi connectivity index (χ1n) is 6.66. The van der Waals surface area contributed by atoms with E-state index in [0.29, 0.717) is 12.4 Å². The molecule has 0 saturated carbocycles. The van der Waals surface area contributed by atoms with Crippen molar-refractivity contribution in [2.45, 2.75) is 19.5 Å². The zero-order valence-electron chi connectivity index (χ0n) is 11.9. The highest BCUT2D eigenvalue weighted by molar-refractivity contribution is 5.79. The van der Waals surface area contributed by atoms with Crippen LogP contribution in [-0.4, -0.2) is 40.4 Å². The number of hydrogen-bond donors (Lipinski definition) is 1. The molecule has 0 aromatic carbocycles. The molecule has 9 nitrogen and oxygen atoms in total. The third-order valence-corrected chi connectivity index (χ3v) is 3.14. The van der Waals surface area contributed by atoms with Crippen LogP contribution in [0.1, 0.15) is 18.5 Å². The van der Waals surface area contributed by atoms with Crippen molar-refractivity contribution in [3.63, 3.8) is 0 Å². The second-order valence-corrected chi connectivity index (χ2v) is 4.63. The Labute approximate surface area is 126 Å². The Morgan fingerprint density at radius 2 is 2.05 bits per heavy atom. The lowest BCUT2D eigenvalue weighted by molar-refractivity contribution is -0.124. The van der Waals surface area contributed by atoms with Gasteiger partial charge in [-0.15, -0.1) is 0 Å². The average Bonchev–Trinajstić information content (AvgIpc) is 3.25. The maximum Gasteiger partial charge on any atom is 0.244 e. The highest BCUT2D eigenvalue weighted by atomic mass is 16.2. The highest BCUT2D eigenvalue weighted by Gasteiger charge is 2.14. The number of carbonyl (C=O) groups excluding carboxylic acids is 1. The smallest absolute Gasteiger partial charge is 0.244 e. The minimum absolute atomic E-state index is 0.133. The van der Waals surface area contributed by atoms with E-state index in [1.807, 2.05) is 12.1 Å². The van der Waals surface area contributed by atoms with Crippen molar-refractivity contribution in [1.82, 2.24) is 39.8 Å². The maximum atomic E-state index is 12.0. The zero-order valence-corrected chi connectivity index (χ0v) is 11.9. The molecule has 1 amide bonds. The molecule has 9 heteroatoms. The normalized spacial score (nSPS) is 12.0. The fourth-order valence-corrected chi connectivity index (χ4v) is 1.86. The van der Waals surface area contributed by atoms with Crippen molar-refractivity contribution in [2.24, 2.45) is 0 Å². The summed E-state index contributed by atoms with van der Waals surface area (Å²) in [6.07, 6.45) is 7.62. The highest BCUT2D eigenvalue weighted by Crippen LogP contribution is 2.05. The number of carbonyl (C=O) groups is 1. The van der Waals surface area contributed by atoms with Crippen molar-refractivity contribution >= 4 is 5.91 Å². The van der Waals surface area contributed by atoms with Gasteiger partial charge in [0.25, 0.3) is 0 Å². The third kappa shape index (κ3) is 2.97. The van der Waals surface area contributed by atoms with Crippen molar-refractivity contribution in [3.05, 3.63) is 49.2 Å². The van der Waals surface area contributed by atoms with E-state index in [-0.39, 0.29) is 5.91 Å². The standard InChI is InChI=1S/C13H14N8O/c1-10(20-8-14-6-18-20)13(22)17-5-11-2-3-12(16-4-11)21-9-15-7-19-21/h2-4,6-10H,5H2,1H3,(H,17,22). The first kappa shape index (κ1) is 13.9. The van der Waals surface area contributed by atoms with Gasteiger partial charge >= 0.3 is 0 Å². The van der Waals surface area contributed by atoms with E-state index < -0.39 is 6.04 Å². The second-order valence-electron chi connectivity index (χ2n) is 4.63. The number of aromatic nitrogens is 7. The Hall–Kier alpha value is -3.10. The van der Waals surface area contributed by atoms with E-state index in [0.717, 1.165) is 5.56 Å². The summed E-state index contributed by atoms with van der Waals surface area (Å²) in [4.78, 5) is 24.0. The van der Waals surface area contributed by atoms with E-state index >= 15 is 0 Å². The minimum atomic E-state index is -0.412. The van der Waals surface area contributed by atoms with E-state index in [4.69, 9.17) is 0 Å². The van der Waals surface area contributed by atoms with Gasteiger partial charge < -0.3 is 5.32 Å². The molecule has 1 N–H and O–H groups in total. The summed E-state index contributed by atoms with van der Waals surface area (Å²) < 4.78 is 3.07. The van der Waals surface area contributed by atoms with Crippen molar-refractivity contribution in [2.75, 3.05) is 0 Å². The number of nitrogens with zero attached hydrogens (tertiary/aromatic N) is 7. The average molecular weight is 298 g/mol. The minimum Gasteiger partial charge on any atom is -0.350 e. The van der Waals surface area contributed by atoms with Gasteiger partial charge in [-0.2, -0.15) is 10.2 Å². The van der Waals surface area contributed by atoms with Gasteiger partial charge in [-0.05, 0) is 18.6 Å². The molecule has 0 radical (unpaired) electrons. The molecule has 0 aliphatic heterocycles. The quantitative estimate of drug-likeness (QED) is 0.718. The van der Waals surface area contributed by atoms with Crippen LogP contribution in [0.3, 0.4) is 0 Å². The first-order chi connectivity index (χ1) is 10.7. The maximum absolute atomic E-state index is 12.0. The van der Waals surface area contributed by atoms with Crippen LogP contribution in [0, 0.1) is 0 Å². The summed E-state index contributed by atoms with van der Waals surface area (Å²) in [5.74, 6) is 0.536. The molecular formula is C13H14N8O. The van der Waals surface area contributed by atoms with E-state index in [2.05, 4.69) is 30.5 Å². The largest absolute Gasteiger partial charge is 0.350 e. The Balaban J connectivity index is 1.58. The predicted octanol–water partition coefficient (Wildman–Crippen LogP) is 0.131. The molecular weight excluding hydrogens is 284 g/mol. The Morgan fingerprint density at radius 3 is 2.68 bits per heavy atom. The lowest BCUT2D eigenvalue weighted by Gasteiger charge is -2.12. The molecule has 1 unspecified atom stereocenters. The van der Waals surface area contributed by atoms with Gasteiger partial charge in [0.2, 0.25) is 5.91 Å². The topological polar surface area (TPSA) is 103 Å². The number of rotatable bonds is 5. The van der Waals surface area contributed by atoms with Crippen molar-refractivity contribution < 1.29 is 4.79 Å². The fourth-order valence-electron chi connectivity index (χ4n) is 1.86. The summed E-state index contributed by atoms with van der Waals surface area (Å²) in [6, 6.07) is 3.28. The van der Waals surface area contributed by atoms with Gasteiger partial charge in [-0.3, -0.25) is 4.79 Å². The number of pyridine rings is 1. The molecule has 3 heterocycles. The molecule has 0 aliphatic carbocycles. The van der Waals surface area contributed by atoms with Gasteiger partial charge in [0, 0.05) is 12.7 Å². The molecule has 0 saturated heterocycles. The Bertz CT molecular complexity index is 720. The summed E-state index contributed by atoms with van der Waals surface area (Å²) in [5.41, 5.74) is 0.892. The van der Waals surface area contributed by atoms with Crippen LogP contribution < -0.4 is 5.32 Å². The molecule has 0 fully saturated rings. The summed E-state index contributed by atoms with van der Waals surface area (Å²) in [7, 11) is 0. The van der Waals surface area contributed by atoms with Gasteiger partial charge in [-0.25, -0.2) is 24.3 Å². The summed E-state index contributed by atoms with van der Waals surface area (Å²) in [5, 5.41) is 10.8. The molecule has 0 bridgehead atoms. The van der Waals surface area contributed by atoms with E-state index in [1.165, 1.54) is 23.7 Å². The van der Waals surface area contributed by atoms with Crippen LogP contribution in [-0.2, 0) is 11.3 Å². The Morgan fingerprint density at radius 1 is 1.23 bits per heavy atom. The summed E-state index contributed by atoms with van der Waals surface area (Å²) in [6.45, 7) is 2.15. The monoisotopic (exact) mass is 298 g/mol. The van der Waals surface area contributed by atoms with Gasteiger partial charge in [0.1, 0.15) is 31.4 Å². The molecule has 3 rings (SSSR count).